The third-order valence-electron chi connectivity index (χ3n) is 4.47. The molecular weight excluding hydrogens is 364 g/mol. The lowest BCUT2D eigenvalue weighted by molar-refractivity contribution is 0.306. The zero-order valence-corrected chi connectivity index (χ0v) is 16.2. The average Bonchev–Trinajstić information content (AvgIpc) is 3.20. The Balaban J connectivity index is 1.53. The van der Waals surface area contributed by atoms with E-state index in [2.05, 4.69) is 25.1 Å². The van der Waals surface area contributed by atoms with E-state index in [1.807, 2.05) is 47.8 Å². The Hall–Kier alpha value is -1.85. The summed E-state index contributed by atoms with van der Waals surface area (Å²) in [5, 5.41) is 0.928. The van der Waals surface area contributed by atoms with E-state index in [9.17, 15) is 4.79 Å². The summed E-state index contributed by atoms with van der Waals surface area (Å²) in [7, 11) is 0. The summed E-state index contributed by atoms with van der Waals surface area (Å²) in [4.78, 5) is 11.9. The summed E-state index contributed by atoms with van der Waals surface area (Å²) in [5.74, 6) is 3.25. The number of ether oxygens (including phenoxy) is 1. The van der Waals surface area contributed by atoms with E-state index in [0.717, 1.165) is 28.7 Å². The molecule has 1 aliphatic heterocycles. The first-order valence-corrected chi connectivity index (χ1v) is 10.8. The van der Waals surface area contributed by atoms with Crippen molar-refractivity contribution in [3.05, 3.63) is 75.6 Å². The monoisotopic (exact) mass is 384 g/mol. The molecule has 0 atom stereocenters. The van der Waals surface area contributed by atoms with Crippen molar-refractivity contribution in [3.8, 4) is 5.75 Å². The van der Waals surface area contributed by atoms with Crippen molar-refractivity contribution in [1.82, 2.24) is 0 Å². The van der Waals surface area contributed by atoms with Gasteiger partial charge in [0.15, 0.2) is 0 Å². The molecular formula is C21H20O3S2. The van der Waals surface area contributed by atoms with Crippen LogP contribution in [0.3, 0.4) is 0 Å². The first-order chi connectivity index (χ1) is 12.7. The molecule has 0 N–H and O–H groups in total. The summed E-state index contributed by atoms with van der Waals surface area (Å²) < 4.78 is 11.8. The maximum atomic E-state index is 11.9. The quantitative estimate of drug-likeness (QED) is 0.550. The third-order valence-corrected chi connectivity index (χ3v) is 7.58. The van der Waals surface area contributed by atoms with Crippen LogP contribution in [0.15, 0.2) is 57.7 Å². The van der Waals surface area contributed by atoms with Crippen LogP contribution in [0.1, 0.15) is 28.2 Å². The van der Waals surface area contributed by atoms with Crippen molar-refractivity contribution in [2.45, 2.75) is 24.5 Å². The predicted molar refractivity (Wildman–Crippen MR) is 110 cm³/mol. The fraction of sp³-hybridized carbons (Fsp3) is 0.286. The number of thioether (sulfide) groups is 2. The van der Waals surface area contributed by atoms with Gasteiger partial charge in [0.1, 0.15) is 17.9 Å². The van der Waals surface area contributed by atoms with Crippen molar-refractivity contribution in [3.63, 3.8) is 0 Å². The van der Waals surface area contributed by atoms with Gasteiger partial charge in [-0.05, 0) is 35.7 Å². The Morgan fingerprint density at radius 3 is 2.58 bits per heavy atom. The zero-order valence-electron chi connectivity index (χ0n) is 14.6. The maximum Gasteiger partial charge on any atom is 0.336 e. The van der Waals surface area contributed by atoms with Crippen molar-refractivity contribution in [1.29, 1.82) is 0 Å². The Morgan fingerprint density at radius 1 is 1.08 bits per heavy atom. The summed E-state index contributed by atoms with van der Waals surface area (Å²) in [6, 6.07) is 15.8. The van der Waals surface area contributed by atoms with Crippen LogP contribution < -0.4 is 10.4 Å². The second-order valence-electron chi connectivity index (χ2n) is 6.21. The molecule has 0 spiro atoms. The fourth-order valence-corrected chi connectivity index (χ4v) is 5.91. The summed E-state index contributed by atoms with van der Waals surface area (Å²) >= 11 is 3.99. The molecule has 1 saturated heterocycles. The molecule has 4 rings (SSSR count). The van der Waals surface area contributed by atoms with Crippen molar-refractivity contribution >= 4 is 34.5 Å². The second-order valence-corrected chi connectivity index (χ2v) is 8.93. The van der Waals surface area contributed by atoms with Gasteiger partial charge in [0.2, 0.25) is 0 Å². The number of aryl methyl sites for hydroxylation is 1. The van der Waals surface area contributed by atoms with E-state index < -0.39 is 0 Å². The SMILES string of the molecule is CCc1ccc2c(COc3ccc(C4SCCS4)cc3)cc(=O)oc2c1. The Labute approximate surface area is 161 Å². The molecule has 26 heavy (non-hydrogen) atoms. The topological polar surface area (TPSA) is 39.4 Å². The van der Waals surface area contributed by atoms with Gasteiger partial charge in [-0.2, -0.15) is 0 Å². The van der Waals surface area contributed by atoms with E-state index >= 15 is 0 Å². The van der Waals surface area contributed by atoms with Gasteiger partial charge in [-0.15, -0.1) is 23.5 Å². The Bertz CT molecular complexity index is 957. The van der Waals surface area contributed by atoms with Crippen LogP contribution in [0.5, 0.6) is 5.75 Å². The van der Waals surface area contributed by atoms with Crippen molar-refractivity contribution in [2.75, 3.05) is 11.5 Å². The fourth-order valence-electron chi connectivity index (χ4n) is 3.05. The lowest BCUT2D eigenvalue weighted by Gasteiger charge is -2.11. The van der Waals surface area contributed by atoms with Crippen molar-refractivity contribution < 1.29 is 9.15 Å². The Kier molecular flexibility index (Phi) is 5.27. The first-order valence-electron chi connectivity index (χ1n) is 8.74. The Morgan fingerprint density at radius 2 is 1.85 bits per heavy atom. The lowest BCUT2D eigenvalue weighted by Crippen LogP contribution is -2.04. The maximum absolute atomic E-state index is 11.9. The van der Waals surface area contributed by atoms with Gasteiger partial charge in [0, 0.05) is 28.5 Å². The molecule has 0 amide bonds. The minimum Gasteiger partial charge on any atom is -0.489 e. The molecule has 2 heterocycles. The molecule has 3 nitrogen and oxygen atoms in total. The molecule has 0 saturated carbocycles. The minimum atomic E-state index is -0.338. The normalized spacial score (nSPS) is 14.8. The minimum absolute atomic E-state index is 0.338. The van der Waals surface area contributed by atoms with E-state index in [1.54, 1.807) is 0 Å². The number of rotatable bonds is 5. The van der Waals surface area contributed by atoms with Gasteiger partial charge in [0.05, 0.1) is 4.58 Å². The summed E-state index contributed by atoms with van der Waals surface area (Å²) in [6.45, 7) is 2.43. The largest absolute Gasteiger partial charge is 0.489 e. The van der Waals surface area contributed by atoms with E-state index in [4.69, 9.17) is 9.15 Å². The van der Waals surface area contributed by atoms with Crippen LogP contribution >= 0.6 is 23.5 Å². The van der Waals surface area contributed by atoms with Gasteiger partial charge in [-0.25, -0.2) is 4.79 Å². The van der Waals surface area contributed by atoms with E-state index in [1.165, 1.54) is 23.1 Å². The highest BCUT2D eigenvalue weighted by molar-refractivity contribution is 8.19. The van der Waals surface area contributed by atoms with Crippen molar-refractivity contribution in [2.24, 2.45) is 0 Å². The van der Waals surface area contributed by atoms with Crippen LogP contribution in [0.4, 0.5) is 0 Å². The summed E-state index contributed by atoms with van der Waals surface area (Å²) in [5.41, 5.74) is 3.63. The van der Waals surface area contributed by atoms with Crippen LogP contribution in [-0.2, 0) is 13.0 Å². The van der Waals surface area contributed by atoms with E-state index in [-0.39, 0.29) is 5.63 Å². The average molecular weight is 385 g/mol. The van der Waals surface area contributed by atoms with E-state index in [0.29, 0.717) is 16.8 Å². The highest BCUT2D eigenvalue weighted by Crippen LogP contribution is 2.45. The van der Waals surface area contributed by atoms with Gasteiger partial charge < -0.3 is 9.15 Å². The molecule has 1 fully saturated rings. The highest BCUT2D eigenvalue weighted by Gasteiger charge is 2.18. The van der Waals surface area contributed by atoms with Gasteiger partial charge in [-0.3, -0.25) is 0 Å². The van der Waals surface area contributed by atoms with Gasteiger partial charge in [-0.1, -0.05) is 31.2 Å². The first kappa shape index (κ1) is 17.6. The molecule has 2 aromatic carbocycles. The molecule has 5 heteroatoms. The summed E-state index contributed by atoms with van der Waals surface area (Å²) in [6.07, 6.45) is 0.907. The second kappa shape index (κ2) is 7.80. The van der Waals surface area contributed by atoms with Crippen LogP contribution in [-0.4, -0.2) is 11.5 Å². The third kappa shape index (κ3) is 3.79. The zero-order chi connectivity index (χ0) is 17.9. The van der Waals surface area contributed by atoms with Gasteiger partial charge >= 0.3 is 5.63 Å². The number of hydrogen-bond donors (Lipinski definition) is 0. The molecule has 1 aliphatic rings. The number of fused-ring (bicyclic) bond motifs is 1. The smallest absolute Gasteiger partial charge is 0.336 e. The lowest BCUT2D eigenvalue weighted by atomic mass is 10.1. The molecule has 0 unspecified atom stereocenters. The van der Waals surface area contributed by atoms with Crippen LogP contribution in [0.2, 0.25) is 0 Å². The molecule has 1 aromatic heterocycles. The highest BCUT2D eigenvalue weighted by atomic mass is 32.2. The predicted octanol–water partition coefficient (Wildman–Crippen LogP) is 5.41. The van der Waals surface area contributed by atoms with Gasteiger partial charge in [0.25, 0.3) is 0 Å². The van der Waals surface area contributed by atoms with Crippen LogP contribution in [0, 0.1) is 0 Å². The molecule has 134 valence electrons. The van der Waals surface area contributed by atoms with Crippen LogP contribution in [0.25, 0.3) is 11.0 Å². The molecule has 0 bridgehead atoms. The molecule has 3 aromatic rings. The molecule has 0 aliphatic carbocycles. The standard InChI is InChI=1S/C21H20O3S2/c1-2-14-3-8-18-16(12-20(22)24-19(18)11-14)13-23-17-6-4-15(5-7-17)21-25-9-10-26-21/h3-8,11-12,21H,2,9-10,13H2,1H3. The number of benzene rings is 2. The number of hydrogen-bond acceptors (Lipinski definition) is 5. The molecule has 0 radical (unpaired) electrons.